The molecule has 0 spiro atoms. The van der Waals surface area contributed by atoms with Crippen LogP contribution in [0.3, 0.4) is 0 Å². The van der Waals surface area contributed by atoms with Crippen molar-refractivity contribution in [3.05, 3.63) is 34.9 Å². The molecule has 2 nitrogen and oxygen atoms in total. The lowest BCUT2D eigenvalue weighted by Gasteiger charge is -2.15. The zero-order valence-electron chi connectivity index (χ0n) is 10.6. The molecular formula is C14H19Cl2NO. The first kappa shape index (κ1) is 15.3. The minimum absolute atomic E-state index is 0.115. The van der Waals surface area contributed by atoms with E-state index in [0.717, 1.165) is 19.3 Å². The highest BCUT2D eigenvalue weighted by Gasteiger charge is 2.12. The molecule has 0 saturated carbocycles. The van der Waals surface area contributed by atoms with Crippen molar-refractivity contribution in [3.63, 3.8) is 0 Å². The maximum atomic E-state index is 11.9. The number of nitrogens with one attached hydrogen (secondary N) is 1. The third-order valence-corrected chi connectivity index (χ3v) is 3.43. The number of hydrogen-bond donors (Lipinski definition) is 1. The lowest BCUT2D eigenvalue weighted by atomic mass is 10.0. The summed E-state index contributed by atoms with van der Waals surface area (Å²) in [6.07, 6.45) is 3.11. The molecule has 100 valence electrons. The van der Waals surface area contributed by atoms with Crippen molar-refractivity contribution in [2.75, 3.05) is 12.4 Å². The van der Waals surface area contributed by atoms with Crippen LogP contribution in [0.4, 0.5) is 0 Å². The number of alkyl halides is 1. The van der Waals surface area contributed by atoms with Gasteiger partial charge < -0.3 is 5.32 Å². The molecule has 0 saturated heterocycles. The number of halogens is 2. The Morgan fingerprint density at radius 1 is 1.33 bits per heavy atom. The van der Waals surface area contributed by atoms with Gasteiger partial charge in [-0.25, -0.2) is 0 Å². The number of carbonyl (C=O) groups excluding carboxylic acids is 1. The molecule has 18 heavy (non-hydrogen) atoms. The molecule has 0 radical (unpaired) electrons. The fourth-order valence-electron chi connectivity index (χ4n) is 1.89. The molecular weight excluding hydrogens is 269 g/mol. The minimum atomic E-state index is -0.115. The molecule has 0 fully saturated rings. The van der Waals surface area contributed by atoms with E-state index in [-0.39, 0.29) is 5.91 Å². The van der Waals surface area contributed by atoms with Gasteiger partial charge in [0, 0.05) is 12.4 Å². The van der Waals surface area contributed by atoms with Crippen molar-refractivity contribution in [1.82, 2.24) is 5.32 Å². The number of carbonyl (C=O) groups is 1. The molecule has 1 unspecified atom stereocenters. The van der Waals surface area contributed by atoms with E-state index >= 15 is 0 Å². The average molecular weight is 288 g/mol. The molecule has 1 atom stereocenters. The quantitative estimate of drug-likeness (QED) is 0.751. The summed E-state index contributed by atoms with van der Waals surface area (Å²) in [7, 11) is 0. The molecule has 1 aromatic carbocycles. The van der Waals surface area contributed by atoms with Gasteiger partial charge in [0.25, 0.3) is 5.91 Å². The molecule has 0 aromatic heterocycles. The van der Waals surface area contributed by atoms with Crippen LogP contribution < -0.4 is 5.32 Å². The van der Waals surface area contributed by atoms with E-state index in [1.807, 2.05) is 12.1 Å². The van der Waals surface area contributed by atoms with E-state index in [2.05, 4.69) is 12.2 Å². The van der Waals surface area contributed by atoms with Crippen LogP contribution in [-0.2, 0) is 0 Å². The van der Waals surface area contributed by atoms with Crippen LogP contribution in [-0.4, -0.2) is 18.3 Å². The summed E-state index contributed by atoms with van der Waals surface area (Å²) in [6, 6.07) is 7.07. The van der Waals surface area contributed by atoms with Gasteiger partial charge in [0.1, 0.15) is 0 Å². The third-order valence-electron chi connectivity index (χ3n) is 2.88. The predicted molar refractivity (Wildman–Crippen MR) is 77.5 cm³/mol. The number of amides is 1. The van der Waals surface area contributed by atoms with Gasteiger partial charge in [-0.05, 0) is 30.9 Å². The van der Waals surface area contributed by atoms with E-state index < -0.39 is 0 Å². The van der Waals surface area contributed by atoms with Crippen molar-refractivity contribution in [1.29, 1.82) is 0 Å². The zero-order valence-corrected chi connectivity index (χ0v) is 12.1. The number of rotatable bonds is 7. The monoisotopic (exact) mass is 287 g/mol. The highest BCUT2D eigenvalue weighted by molar-refractivity contribution is 6.33. The summed E-state index contributed by atoms with van der Waals surface area (Å²) in [4.78, 5) is 11.9. The smallest absolute Gasteiger partial charge is 0.252 e. The average Bonchev–Trinajstić information content (AvgIpc) is 2.36. The summed E-state index contributed by atoms with van der Waals surface area (Å²) in [6.45, 7) is 2.79. The summed E-state index contributed by atoms with van der Waals surface area (Å²) < 4.78 is 0. The van der Waals surface area contributed by atoms with Gasteiger partial charge in [0.15, 0.2) is 0 Å². The molecule has 0 heterocycles. The summed E-state index contributed by atoms with van der Waals surface area (Å²) in [5.74, 6) is 0.960. The lowest BCUT2D eigenvalue weighted by Crippen LogP contribution is -2.29. The van der Waals surface area contributed by atoms with Gasteiger partial charge in [0.05, 0.1) is 10.6 Å². The Bertz CT molecular complexity index is 376. The molecule has 0 aliphatic carbocycles. The predicted octanol–water partition coefficient (Wildman–Crippen LogP) is 4.12. The van der Waals surface area contributed by atoms with E-state index in [9.17, 15) is 4.79 Å². The Labute approximate surface area is 119 Å². The van der Waals surface area contributed by atoms with Crippen LogP contribution in [0.5, 0.6) is 0 Å². The largest absolute Gasteiger partial charge is 0.352 e. The first-order valence-corrected chi connectivity index (χ1v) is 7.19. The highest BCUT2D eigenvalue weighted by Crippen LogP contribution is 2.15. The third kappa shape index (κ3) is 4.87. The molecule has 1 amide bonds. The Morgan fingerprint density at radius 3 is 2.67 bits per heavy atom. The molecule has 0 bridgehead atoms. The molecule has 1 N–H and O–H groups in total. The second-order valence-corrected chi connectivity index (χ2v) is 5.11. The highest BCUT2D eigenvalue weighted by atomic mass is 35.5. The number of benzene rings is 1. The van der Waals surface area contributed by atoms with Gasteiger partial charge in [-0.15, -0.1) is 11.6 Å². The maximum Gasteiger partial charge on any atom is 0.252 e. The summed E-state index contributed by atoms with van der Waals surface area (Å²) >= 11 is 11.7. The fourth-order valence-corrected chi connectivity index (χ4v) is 2.42. The Morgan fingerprint density at radius 2 is 2.06 bits per heavy atom. The topological polar surface area (TPSA) is 29.1 Å². The van der Waals surface area contributed by atoms with Crippen LogP contribution in [0.25, 0.3) is 0 Å². The van der Waals surface area contributed by atoms with Crippen LogP contribution in [0.15, 0.2) is 24.3 Å². The van der Waals surface area contributed by atoms with Crippen LogP contribution in [0, 0.1) is 5.92 Å². The van der Waals surface area contributed by atoms with Crippen LogP contribution in [0.2, 0.25) is 5.02 Å². The first-order chi connectivity index (χ1) is 8.69. The molecule has 1 aromatic rings. The van der Waals surface area contributed by atoms with E-state index in [4.69, 9.17) is 23.2 Å². The zero-order chi connectivity index (χ0) is 13.4. The molecule has 0 aliphatic rings. The van der Waals surface area contributed by atoms with E-state index in [1.165, 1.54) is 0 Å². The Hall–Kier alpha value is -0.730. The molecule has 0 aliphatic heterocycles. The van der Waals surface area contributed by atoms with Gasteiger partial charge >= 0.3 is 0 Å². The second kappa shape index (κ2) is 8.39. The van der Waals surface area contributed by atoms with Crippen molar-refractivity contribution < 1.29 is 4.79 Å². The van der Waals surface area contributed by atoms with Gasteiger partial charge in [-0.3, -0.25) is 4.79 Å². The first-order valence-electron chi connectivity index (χ1n) is 6.27. The normalized spacial score (nSPS) is 12.2. The molecule has 1 rings (SSSR count). The van der Waals surface area contributed by atoms with Crippen molar-refractivity contribution in [2.45, 2.75) is 26.2 Å². The second-order valence-electron chi connectivity index (χ2n) is 4.32. The fraction of sp³-hybridized carbons (Fsp3) is 0.500. The van der Waals surface area contributed by atoms with Gasteiger partial charge in [-0.2, -0.15) is 0 Å². The lowest BCUT2D eigenvalue weighted by molar-refractivity contribution is 0.0946. The summed E-state index contributed by atoms with van der Waals surface area (Å²) in [5, 5.41) is 3.41. The maximum absolute atomic E-state index is 11.9. The minimum Gasteiger partial charge on any atom is -0.352 e. The van der Waals surface area contributed by atoms with E-state index in [0.29, 0.717) is 28.9 Å². The van der Waals surface area contributed by atoms with Crippen molar-refractivity contribution in [3.8, 4) is 0 Å². The van der Waals surface area contributed by atoms with Crippen molar-refractivity contribution >= 4 is 29.1 Å². The summed E-state index contributed by atoms with van der Waals surface area (Å²) in [5.41, 5.74) is 0.528. The van der Waals surface area contributed by atoms with E-state index in [1.54, 1.807) is 12.1 Å². The SMILES string of the molecule is CCCC(CCCl)CNC(=O)c1ccccc1Cl. The standard InChI is InChI=1S/C14H19Cl2NO/c1-2-5-11(8-9-15)10-17-14(18)12-6-3-4-7-13(12)16/h3-4,6-7,11H,2,5,8-10H2,1H3,(H,17,18). The van der Waals surface area contributed by atoms with Gasteiger partial charge in [-0.1, -0.05) is 37.1 Å². The Balaban J connectivity index is 2.52. The van der Waals surface area contributed by atoms with Crippen LogP contribution >= 0.6 is 23.2 Å². The van der Waals surface area contributed by atoms with Crippen LogP contribution in [0.1, 0.15) is 36.5 Å². The van der Waals surface area contributed by atoms with Crippen molar-refractivity contribution in [2.24, 2.45) is 5.92 Å². The molecule has 4 heteroatoms. The van der Waals surface area contributed by atoms with Gasteiger partial charge in [0.2, 0.25) is 0 Å². The number of hydrogen-bond acceptors (Lipinski definition) is 1. The Kier molecular flexibility index (Phi) is 7.14.